The molecule has 0 aliphatic heterocycles. The monoisotopic (exact) mass is 305 g/mol. The van der Waals surface area contributed by atoms with Crippen LogP contribution in [-0.2, 0) is 0 Å². The quantitative estimate of drug-likeness (QED) is 0.760. The number of rotatable bonds is 4. The van der Waals surface area contributed by atoms with Crippen LogP contribution in [0.3, 0.4) is 0 Å². The van der Waals surface area contributed by atoms with Crippen LogP contribution in [0.4, 0.5) is 13.2 Å². The second-order valence-electron chi connectivity index (χ2n) is 4.97. The number of halogens is 3. The molecule has 1 aromatic carbocycles. The predicted octanol–water partition coefficient (Wildman–Crippen LogP) is 4.56. The summed E-state index contributed by atoms with van der Waals surface area (Å²) >= 11 is -0.183. The van der Waals surface area contributed by atoms with E-state index in [1.165, 1.54) is 24.3 Å². The molecule has 0 radical (unpaired) electrons. The standard InChI is InChI=1S/C14H18F3NOS/c1-9(2)18(10(3)4)13(19)11-5-7-12(8-6-11)20-14(15,16)17/h5-10H,1-4H3. The SMILES string of the molecule is CC(C)N(C(=O)c1ccc(SC(F)(F)F)cc1)C(C)C. The van der Waals surface area contributed by atoms with Gasteiger partial charge in [-0.25, -0.2) is 0 Å². The molecule has 0 bridgehead atoms. The zero-order chi connectivity index (χ0) is 15.5. The number of nitrogens with zero attached hydrogens (tertiary/aromatic N) is 1. The summed E-state index contributed by atoms with van der Waals surface area (Å²) in [6.45, 7) is 7.63. The molecule has 0 N–H and O–H groups in total. The zero-order valence-electron chi connectivity index (χ0n) is 11.9. The number of amides is 1. The Kier molecular flexibility index (Phi) is 5.50. The smallest absolute Gasteiger partial charge is 0.334 e. The fraction of sp³-hybridized carbons (Fsp3) is 0.500. The lowest BCUT2D eigenvalue weighted by Crippen LogP contribution is -2.42. The minimum absolute atomic E-state index is 0.0340. The van der Waals surface area contributed by atoms with Gasteiger partial charge >= 0.3 is 5.51 Å². The van der Waals surface area contributed by atoms with Crippen LogP contribution < -0.4 is 0 Å². The summed E-state index contributed by atoms with van der Waals surface area (Å²) in [6, 6.07) is 5.59. The van der Waals surface area contributed by atoms with Crippen molar-refractivity contribution in [2.45, 2.75) is 50.2 Å². The molecule has 112 valence electrons. The Labute approximate surface area is 121 Å². The lowest BCUT2D eigenvalue weighted by molar-refractivity contribution is -0.0328. The molecule has 20 heavy (non-hydrogen) atoms. The van der Waals surface area contributed by atoms with Crippen molar-refractivity contribution in [2.24, 2.45) is 0 Å². The van der Waals surface area contributed by atoms with E-state index in [2.05, 4.69) is 0 Å². The molecule has 0 aliphatic rings. The maximum absolute atomic E-state index is 12.3. The maximum atomic E-state index is 12.3. The van der Waals surface area contributed by atoms with Crippen LogP contribution in [0.2, 0.25) is 0 Å². The molecule has 0 aromatic heterocycles. The molecular weight excluding hydrogens is 287 g/mol. The first kappa shape index (κ1) is 16.9. The van der Waals surface area contributed by atoms with Gasteiger partial charge in [0, 0.05) is 22.5 Å². The van der Waals surface area contributed by atoms with Crippen molar-refractivity contribution in [1.82, 2.24) is 4.90 Å². The Morgan fingerprint density at radius 1 is 1.05 bits per heavy atom. The first-order valence-electron chi connectivity index (χ1n) is 6.30. The van der Waals surface area contributed by atoms with E-state index in [0.717, 1.165) is 0 Å². The van der Waals surface area contributed by atoms with Crippen LogP contribution in [0.1, 0.15) is 38.1 Å². The molecule has 0 unspecified atom stereocenters. The summed E-state index contributed by atoms with van der Waals surface area (Å²) < 4.78 is 36.7. The number of benzene rings is 1. The topological polar surface area (TPSA) is 20.3 Å². The third-order valence-corrected chi connectivity index (χ3v) is 3.42. The highest BCUT2D eigenvalue weighted by Crippen LogP contribution is 2.36. The van der Waals surface area contributed by atoms with Crippen molar-refractivity contribution < 1.29 is 18.0 Å². The van der Waals surface area contributed by atoms with E-state index in [0.29, 0.717) is 5.56 Å². The van der Waals surface area contributed by atoms with Crippen LogP contribution in [0.15, 0.2) is 29.2 Å². The Hall–Kier alpha value is -1.17. The fourth-order valence-electron chi connectivity index (χ4n) is 2.01. The minimum atomic E-state index is -4.31. The Morgan fingerprint density at radius 3 is 1.85 bits per heavy atom. The largest absolute Gasteiger partial charge is 0.446 e. The first-order chi connectivity index (χ1) is 9.11. The molecule has 6 heteroatoms. The van der Waals surface area contributed by atoms with Gasteiger partial charge in [0.1, 0.15) is 0 Å². The number of hydrogen-bond donors (Lipinski definition) is 0. The van der Waals surface area contributed by atoms with Crippen molar-refractivity contribution in [2.75, 3.05) is 0 Å². The highest BCUT2D eigenvalue weighted by Gasteiger charge is 2.29. The lowest BCUT2D eigenvalue weighted by Gasteiger charge is -2.30. The molecule has 0 fully saturated rings. The van der Waals surface area contributed by atoms with E-state index < -0.39 is 5.51 Å². The Morgan fingerprint density at radius 2 is 1.50 bits per heavy atom. The molecule has 1 aromatic rings. The summed E-state index contributed by atoms with van der Waals surface area (Å²) in [4.78, 5) is 14.1. The summed E-state index contributed by atoms with van der Waals surface area (Å²) in [5.74, 6) is -0.168. The molecule has 1 amide bonds. The van der Waals surface area contributed by atoms with Gasteiger partial charge < -0.3 is 4.90 Å². The van der Waals surface area contributed by atoms with Gasteiger partial charge in [-0.2, -0.15) is 13.2 Å². The van der Waals surface area contributed by atoms with Gasteiger partial charge in [0.15, 0.2) is 0 Å². The third-order valence-electron chi connectivity index (χ3n) is 2.68. The van der Waals surface area contributed by atoms with Gasteiger partial charge in [-0.1, -0.05) is 0 Å². The fourth-order valence-corrected chi connectivity index (χ4v) is 2.55. The molecule has 0 heterocycles. The van der Waals surface area contributed by atoms with E-state index in [9.17, 15) is 18.0 Å². The van der Waals surface area contributed by atoms with Crippen LogP contribution in [0.25, 0.3) is 0 Å². The Balaban J connectivity index is 2.90. The summed E-state index contributed by atoms with van der Waals surface area (Å²) in [5, 5.41) is 0. The van der Waals surface area contributed by atoms with E-state index in [1.807, 2.05) is 27.7 Å². The minimum Gasteiger partial charge on any atom is -0.334 e. The van der Waals surface area contributed by atoms with Crippen molar-refractivity contribution in [3.63, 3.8) is 0 Å². The highest BCUT2D eigenvalue weighted by molar-refractivity contribution is 8.00. The number of thioether (sulfide) groups is 1. The van der Waals surface area contributed by atoms with Gasteiger partial charge in [-0.3, -0.25) is 4.79 Å². The van der Waals surface area contributed by atoms with Gasteiger partial charge in [0.2, 0.25) is 0 Å². The van der Waals surface area contributed by atoms with Crippen LogP contribution >= 0.6 is 11.8 Å². The van der Waals surface area contributed by atoms with Crippen molar-refractivity contribution >= 4 is 17.7 Å². The molecule has 0 saturated heterocycles. The number of hydrogen-bond acceptors (Lipinski definition) is 2. The van der Waals surface area contributed by atoms with Crippen LogP contribution in [0.5, 0.6) is 0 Å². The predicted molar refractivity (Wildman–Crippen MR) is 74.8 cm³/mol. The van der Waals surface area contributed by atoms with E-state index >= 15 is 0 Å². The van der Waals surface area contributed by atoms with Crippen molar-refractivity contribution in [1.29, 1.82) is 0 Å². The molecular formula is C14H18F3NOS. The summed E-state index contributed by atoms with van der Waals surface area (Å²) in [5.41, 5.74) is -3.91. The zero-order valence-corrected chi connectivity index (χ0v) is 12.7. The average Bonchev–Trinajstić information content (AvgIpc) is 2.26. The second kappa shape index (κ2) is 6.52. The second-order valence-corrected chi connectivity index (χ2v) is 6.11. The molecule has 1 rings (SSSR count). The number of alkyl halides is 3. The van der Waals surface area contributed by atoms with E-state index in [1.54, 1.807) is 4.90 Å². The van der Waals surface area contributed by atoms with Gasteiger partial charge in [0.05, 0.1) is 0 Å². The molecule has 2 nitrogen and oxygen atoms in total. The highest BCUT2D eigenvalue weighted by atomic mass is 32.2. The maximum Gasteiger partial charge on any atom is 0.446 e. The van der Waals surface area contributed by atoms with Crippen LogP contribution in [-0.4, -0.2) is 28.4 Å². The molecule has 0 saturated carbocycles. The van der Waals surface area contributed by atoms with Gasteiger partial charge in [-0.15, -0.1) is 0 Å². The summed E-state index contributed by atoms with van der Waals surface area (Å²) in [6.07, 6.45) is 0. The average molecular weight is 305 g/mol. The van der Waals surface area contributed by atoms with E-state index in [4.69, 9.17) is 0 Å². The Bertz CT molecular complexity index is 446. The van der Waals surface area contributed by atoms with Crippen molar-refractivity contribution in [3.05, 3.63) is 29.8 Å². The molecule has 0 atom stereocenters. The third kappa shape index (κ3) is 4.74. The number of carbonyl (C=O) groups excluding carboxylic acids is 1. The molecule has 0 aliphatic carbocycles. The first-order valence-corrected chi connectivity index (χ1v) is 7.12. The normalized spacial score (nSPS) is 12.1. The molecule has 0 spiro atoms. The number of carbonyl (C=O) groups is 1. The van der Waals surface area contributed by atoms with Crippen molar-refractivity contribution in [3.8, 4) is 0 Å². The summed E-state index contributed by atoms with van der Waals surface area (Å²) in [7, 11) is 0. The van der Waals surface area contributed by atoms with Gasteiger partial charge in [0.25, 0.3) is 5.91 Å². The van der Waals surface area contributed by atoms with Gasteiger partial charge in [-0.05, 0) is 63.7 Å². The lowest BCUT2D eigenvalue weighted by atomic mass is 10.1. The van der Waals surface area contributed by atoms with E-state index in [-0.39, 0.29) is 34.6 Å². The van der Waals surface area contributed by atoms with Crippen LogP contribution in [0, 0.1) is 0 Å².